The van der Waals surface area contributed by atoms with Gasteiger partial charge in [-0.2, -0.15) is 4.31 Å². The Bertz CT molecular complexity index is 636. The molecule has 2 saturated heterocycles. The Kier molecular flexibility index (Phi) is 5.06. The number of hydrogen-bond donors (Lipinski definition) is 1. The van der Waals surface area contributed by atoms with Crippen LogP contribution < -0.4 is 5.32 Å². The van der Waals surface area contributed by atoms with Gasteiger partial charge in [-0.15, -0.1) is 12.4 Å². The summed E-state index contributed by atoms with van der Waals surface area (Å²) < 4.78 is 27.2. The van der Waals surface area contributed by atoms with E-state index in [4.69, 9.17) is 0 Å². The number of non-ortho nitro benzene ring substituents is 1. The number of nitrogens with one attached hydrogen (secondary N) is 1. The van der Waals surface area contributed by atoms with Gasteiger partial charge in [-0.05, 0) is 37.9 Å². The molecule has 1 aromatic carbocycles. The molecule has 2 heterocycles. The van der Waals surface area contributed by atoms with Crippen molar-refractivity contribution in [1.82, 2.24) is 9.62 Å². The predicted octanol–water partition coefficient (Wildman–Crippen LogP) is 1.53. The number of sulfonamides is 1. The number of nitro groups is 1. The Morgan fingerprint density at radius 3 is 2.41 bits per heavy atom. The molecule has 2 unspecified atom stereocenters. The van der Waals surface area contributed by atoms with E-state index < -0.39 is 14.9 Å². The van der Waals surface area contributed by atoms with Crippen LogP contribution in [0.3, 0.4) is 0 Å². The molecule has 22 heavy (non-hydrogen) atoms. The molecule has 0 amide bonds. The van der Waals surface area contributed by atoms with Crippen LogP contribution >= 0.6 is 12.4 Å². The molecule has 2 aliphatic heterocycles. The van der Waals surface area contributed by atoms with Crippen LogP contribution in [0, 0.1) is 10.1 Å². The third kappa shape index (κ3) is 2.96. The minimum Gasteiger partial charge on any atom is -0.315 e. The highest BCUT2D eigenvalue weighted by Gasteiger charge is 2.42. The van der Waals surface area contributed by atoms with Crippen molar-refractivity contribution in [2.45, 2.75) is 36.2 Å². The zero-order valence-corrected chi connectivity index (χ0v) is 13.5. The van der Waals surface area contributed by atoms with Crippen molar-refractivity contribution < 1.29 is 13.3 Å². The molecule has 0 aromatic heterocycles. The number of halogens is 1. The first-order valence-electron chi connectivity index (χ1n) is 6.99. The highest BCUT2D eigenvalue weighted by molar-refractivity contribution is 7.89. The first-order chi connectivity index (χ1) is 10.00. The standard InChI is InChI=1S/C13H17N3O4S.ClH/c17-16(18)11-3-5-13(6-4-11)21(19,20)15-10-1-2-12(15)9-14-8-7-10;/h3-6,10,12,14H,1-2,7-9H2;1H. The lowest BCUT2D eigenvalue weighted by Crippen LogP contribution is -2.42. The van der Waals surface area contributed by atoms with E-state index in [1.807, 2.05) is 0 Å². The summed E-state index contributed by atoms with van der Waals surface area (Å²) in [5.74, 6) is 0. The molecule has 2 bridgehead atoms. The fourth-order valence-corrected chi connectivity index (χ4v) is 5.09. The number of benzene rings is 1. The van der Waals surface area contributed by atoms with Crippen molar-refractivity contribution in [3.05, 3.63) is 34.4 Å². The van der Waals surface area contributed by atoms with Crippen molar-refractivity contribution >= 4 is 28.1 Å². The van der Waals surface area contributed by atoms with Gasteiger partial charge in [0.2, 0.25) is 10.0 Å². The molecule has 2 atom stereocenters. The summed E-state index contributed by atoms with van der Waals surface area (Å²) in [5.41, 5.74) is -0.102. The molecule has 0 spiro atoms. The van der Waals surface area contributed by atoms with Gasteiger partial charge < -0.3 is 5.32 Å². The summed E-state index contributed by atoms with van der Waals surface area (Å²) in [6, 6.07) is 5.15. The summed E-state index contributed by atoms with van der Waals surface area (Å²) in [6.45, 7) is 1.50. The Labute approximate surface area is 135 Å². The van der Waals surface area contributed by atoms with E-state index in [-0.39, 0.29) is 35.1 Å². The zero-order chi connectivity index (χ0) is 15.0. The van der Waals surface area contributed by atoms with Gasteiger partial charge in [0.15, 0.2) is 0 Å². The number of nitro benzene ring substituents is 1. The topological polar surface area (TPSA) is 92.5 Å². The summed E-state index contributed by atoms with van der Waals surface area (Å²) in [5, 5.41) is 13.9. The van der Waals surface area contributed by atoms with Gasteiger partial charge in [0.05, 0.1) is 9.82 Å². The number of nitrogens with zero attached hydrogens (tertiary/aromatic N) is 2. The Morgan fingerprint density at radius 2 is 1.77 bits per heavy atom. The average molecular weight is 348 g/mol. The molecular weight excluding hydrogens is 330 g/mol. The van der Waals surface area contributed by atoms with Gasteiger partial charge in [0.1, 0.15) is 0 Å². The third-order valence-electron chi connectivity index (χ3n) is 4.21. The van der Waals surface area contributed by atoms with Crippen molar-refractivity contribution in [1.29, 1.82) is 0 Å². The number of hydrogen-bond acceptors (Lipinski definition) is 5. The highest BCUT2D eigenvalue weighted by Crippen LogP contribution is 2.34. The quantitative estimate of drug-likeness (QED) is 0.661. The average Bonchev–Trinajstić information content (AvgIpc) is 2.73. The summed E-state index contributed by atoms with van der Waals surface area (Å²) in [4.78, 5) is 10.3. The molecular formula is C13H18ClN3O4S. The van der Waals surface area contributed by atoms with Gasteiger partial charge in [0, 0.05) is 30.8 Å². The molecule has 0 saturated carbocycles. The lowest BCUT2D eigenvalue weighted by molar-refractivity contribution is -0.384. The van der Waals surface area contributed by atoms with Gasteiger partial charge >= 0.3 is 0 Å². The summed E-state index contributed by atoms with van der Waals surface area (Å²) >= 11 is 0. The maximum absolute atomic E-state index is 12.8. The number of rotatable bonds is 3. The Balaban J connectivity index is 0.00000176. The van der Waals surface area contributed by atoms with Crippen molar-refractivity contribution in [3.63, 3.8) is 0 Å². The lowest BCUT2D eigenvalue weighted by atomic mass is 10.1. The van der Waals surface area contributed by atoms with E-state index in [0.717, 1.165) is 25.8 Å². The van der Waals surface area contributed by atoms with Crippen LogP contribution in [-0.4, -0.2) is 42.8 Å². The molecule has 9 heteroatoms. The van der Waals surface area contributed by atoms with E-state index in [1.54, 1.807) is 4.31 Å². The maximum atomic E-state index is 12.8. The molecule has 7 nitrogen and oxygen atoms in total. The maximum Gasteiger partial charge on any atom is 0.269 e. The smallest absolute Gasteiger partial charge is 0.269 e. The van der Waals surface area contributed by atoms with Crippen LogP contribution in [0.2, 0.25) is 0 Å². The second-order valence-corrected chi connectivity index (χ2v) is 7.31. The van der Waals surface area contributed by atoms with Gasteiger partial charge in [-0.1, -0.05) is 0 Å². The van der Waals surface area contributed by atoms with Crippen molar-refractivity contribution in [2.24, 2.45) is 0 Å². The van der Waals surface area contributed by atoms with Crippen LogP contribution in [0.5, 0.6) is 0 Å². The van der Waals surface area contributed by atoms with E-state index in [2.05, 4.69) is 5.32 Å². The first-order valence-corrected chi connectivity index (χ1v) is 8.43. The highest BCUT2D eigenvalue weighted by atomic mass is 35.5. The normalized spacial score (nSPS) is 25.3. The molecule has 2 fully saturated rings. The zero-order valence-electron chi connectivity index (χ0n) is 11.8. The van der Waals surface area contributed by atoms with Gasteiger partial charge in [-0.3, -0.25) is 10.1 Å². The molecule has 1 aromatic rings. The van der Waals surface area contributed by atoms with E-state index >= 15 is 0 Å². The van der Waals surface area contributed by atoms with E-state index in [1.165, 1.54) is 24.3 Å². The molecule has 122 valence electrons. The molecule has 0 radical (unpaired) electrons. The van der Waals surface area contributed by atoms with Crippen molar-refractivity contribution in [2.75, 3.05) is 13.1 Å². The predicted molar refractivity (Wildman–Crippen MR) is 83.7 cm³/mol. The molecule has 2 aliphatic rings. The van der Waals surface area contributed by atoms with Crippen LogP contribution in [0.4, 0.5) is 5.69 Å². The minimum atomic E-state index is -3.59. The number of fused-ring (bicyclic) bond motifs is 2. The SMILES string of the molecule is Cl.O=[N+]([O-])c1ccc(S(=O)(=O)N2C3CCNCC2CC3)cc1. The third-order valence-corrected chi connectivity index (χ3v) is 6.23. The molecule has 3 rings (SSSR count). The monoisotopic (exact) mass is 347 g/mol. The fraction of sp³-hybridized carbons (Fsp3) is 0.538. The second kappa shape index (κ2) is 6.49. The van der Waals surface area contributed by atoms with Crippen LogP contribution in [-0.2, 0) is 10.0 Å². The lowest BCUT2D eigenvalue weighted by Gasteiger charge is -2.26. The van der Waals surface area contributed by atoms with Crippen LogP contribution in [0.15, 0.2) is 29.2 Å². The van der Waals surface area contributed by atoms with Gasteiger partial charge in [0.25, 0.3) is 5.69 Å². The molecule has 0 aliphatic carbocycles. The summed E-state index contributed by atoms with van der Waals surface area (Å²) in [6.07, 6.45) is 2.56. The van der Waals surface area contributed by atoms with E-state index in [9.17, 15) is 18.5 Å². The summed E-state index contributed by atoms with van der Waals surface area (Å²) in [7, 11) is -3.59. The fourth-order valence-electron chi connectivity index (χ4n) is 3.19. The largest absolute Gasteiger partial charge is 0.315 e. The minimum absolute atomic E-state index is 0. The Hall–Kier alpha value is -1.22. The van der Waals surface area contributed by atoms with E-state index in [0.29, 0.717) is 6.54 Å². The Morgan fingerprint density at radius 1 is 1.14 bits per heavy atom. The van der Waals surface area contributed by atoms with Crippen LogP contribution in [0.25, 0.3) is 0 Å². The first kappa shape index (κ1) is 17.1. The van der Waals surface area contributed by atoms with Crippen molar-refractivity contribution in [3.8, 4) is 0 Å². The van der Waals surface area contributed by atoms with Gasteiger partial charge in [-0.25, -0.2) is 8.42 Å². The molecule has 1 N–H and O–H groups in total. The second-order valence-electron chi connectivity index (χ2n) is 5.46. The van der Waals surface area contributed by atoms with Crippen LogP contribution in [0.1, 0.15) is 19.3 Å².